The zero-order valence-electron chi connectivity index (χ0n) is 10.5. The Morgan fingerprint density at radius 3 is 2.89 bits per heavy atom. The van der Waals surface area contributed by atoms with E-state index in [0.717, 1.165) is 32.5 Å². The summed E-state index contributed by atoms with van der Waals surface area (Å²) in [5, 5.41) is 4.46. The van der Waals surface area contributed by atoms with Crippen molar-refractivity contribution >= 4 is 32.7 Å². The molecule has 19 heavy (non-hydrogen) atoms. The Bertz CT molecular complexity index is 721. The second-order valence-corrected chi connectivity index (χ2v) is 5.23. The summed E-state index contributed by atoms with van der Waals surface area (Å²) in [4.78, 5) is 4.46. The second kappa shape index (κ2) is 5.05. The van der Waals surface area contributed by atoms with Gasteiger partial charge in [-0.15, -0.1) is 0 Å². The molecule has 0 atom stereocenters. The molecule has 0 fully saturated rings. The zero-order chi connectivity index (χ0) is 13.2. The van der Waals surface area contributed by atoms with Crippen LogP contribution in [0.2, 0.25) is 0 Å². The van der Waals surface area contributed by atoms with Crippen molar-refractivity contribution in [2.24, 2.45) is 0 Å². The molecule has 3 nitrogen and oxygen atoms in total. The first-order valence-corrected chi connectivity index (χ1v) is 6.85. The Balaban J connectivity index is 1.80. The van der Waals surface area contributed by atoms with Crippen LogP contribution in [0.5, 0.6) is 0 Å². The Labute approximate surface area is 119 Å². The summed E-state index contributed by atoms with van der Waals surface area (Å²) >= 11 is 3.45. The van der Waals surface area contributed by atoms with Gasteiger partial charge in [-0.1, -0.05) is 18.2 Å². The highest BCUT2D eigenvalue weighted by molar-refractivity contribution is 9.10. The summed E-state index contributed by atoms with van der Waals surface area (Å²) in [6.45, 7) is 2.67. The second-order valence-electron chi connectivity index (χ2n) is 4.37. The van der Waals surface area contributed by atoms with E-state index in [-0.39, 0.29) is 0 Å². The number of nitrogens with one attached hydrogen (secondary N) is 1. The van der Waals surface area contributed by atoms with Crippen LogP contribution < -0.4 is 5.32 Å². The van der Waals surface area contributed by atoms with Crippen molar-refractivity contribution in [3.05, 3.63) is 58.4 Å². The number of pyridine rings is 1. The van der Waals surface area contributed by atoms with Gasteiger partial charge in [0.25, 0.3) is 0 Å². The number of para-hydroxylation sites is 1. The smallest absolute Gasteiger partial charge is 0.134 e. The molecule has 96 valence electrons. The molecule has 2 heterocycles. The first-order chi connectivity index (χ1) is 9.24. The Morgan fingerprint density at radius 1 is 1.21 bits per heavy atom. The van der Waals surface area contributed by atoms with Gasteiger partial charge in [-0.3, -0.25) is 0 Å². The summed E-state index contributed by atoms with van der Waals surface area (Å²) in [5.74, 6) is 0.867. The summed E-state index contributed by atoms with van der Waals surface area (Å²) in [6, 6.07) is 12.0. The van der Waals surface area contributed by atoms with Crippen molar-refractivity contribution in [2.45, 2.75) is 13.5 Å². The van der Waals surface area contributed by atoms with E-state index < -0.39 is 0 Å². The normalized spacial score (nSPS) is 10.8. The number of rotatable bonds is 3. The summed E-state index contributed by atoms with van der Waals surface area (Å²) in [7, 11) is 0. The Morgan fingerprint density at radius 2 is 2.05 bits per heavy atom. The van der Waals surface area contributed by atoms with E-state index in [2.05, 4.69) is 32.3 Å². The van der Waals surface area contributed by atoms with Gasteiger partial charge in [0.2, 0.25) is 0 Å². The summed E-state index contributed by atoms with van der Waals surface area (Å²) < 4.78 is 6.53. The zero-order valence-corrected chi connectivity index (χ0v) is 12.1. The maximum Gasteiger partial charge on any atom is 0.134 e. The predicted molar refractivity (Wildman–Crippen MR) is 80.2 cm³/mol. The number of fused-ring (bicyclic) bond motifs is 1. The lowest BCUT2D eigenvalue weighted by molar-refractivity contribution is 0.611. The number of anilines is 1. The fraction of sp³-hybridized carbons (Fsp3) is 0.133. The van der Waals surface area contributed by atoms with Crippen LogP contribution in [0.15, 0.2) is 51.6 Å². The lowest BCUT2D eigenvalue weighted by Gasteiger charge is -2.06. The first-order valence-electron chi connectivity index (χ1n) is 6.06. The van der Waals surface area contributed by atoms with Gasteiger partial charge < -0.3 is 9.73 Å². The standard InChI is InChI=1S/C15H13BrN2O/c1-10-13(16)6-7-15(18-10)17-8-11-9-19-14-5-3-2-4-12(11)14/h2-7,9H,8H2,1H3,(H,17,18). The van der Waals surface area contributed by atoms with Crippen molar-refractivity contribution in [2.75, 3.05) is 5.32 Å². The van der Waals surface area contributed by atoms with Crippen molar-refractivity contribution in [3.8, 4) is 0 Å². The van der Waals surface area contributed by atoms with Crippen LogP contribution in [0.3, 0.4) is 0 Å². The number of furan rings is 1. The number of benzene rings is 1. The number of nitrogens with zero attached hydrogens (tertiary/aromatic N) is 1. The third-order valence-electron chi connectivity index (χ3n) is 3.04. The number of aromatic nitrogens is 1. The fourth-order valence-corrected chi connectivity index (χ4v) is 2.22. The molecule has 0 unspecified atom stereocenters. The molecule has 2 aromatic heterocycles. The molecule has 0 saturated carbocycles. The SMILES string of the molecule is Cc1nc(NCc2coc3ccccc23)ccc1Br. The third-order valence-corrected chi connectivity index (χ3v) is 3.88. The third kappa shape index (κ3) is 2.49. The molecular weight excluding hydrogens is 304 g/mol. The Kier molecular flexibility index (Phi) is 3.25. The molecule has 1 aromatic carbocycles. The van der Waals surface area contributed by atoms with Gasteiger partial charge in [-0.05, 0) is 41.1 Å². The van der Waals surface area contributed by atoms with E-state index in [1.807, 2.05) is 37.3 Å². The molecule has 0 bridgehead atoms. The van der Waals surface area contributed by atoms with Gasteiger partial charge in [0.15, 0.2) is 0 Å². The summed E-state index contributed by atoms with van der Waals surface area (Å²) in [6.07, 6.45) is 1.80. The van der Waals surface area contributed by atoms with Crippen LogP contribution in [0.25, 0.3) is 11.0 Å². The number of hydrogen-bond donors (Lipinski definition) is 1. The molecule has 1 N–H and O–H groups in total. The van der Waals surface area contributed by atoms with Gasteiger partial charge in [-0.25, -0.2) is 4.98 Å². The van der Waals surface area contributed by atoms with Gasteiger partial charge in [-0.2, -0.15) is 0 Å². The lowest BCUT2D eigenvalue weighted by Crippen LogP contribution is -2.01. The minimum absolute atomic E-state index is 0.699. The molecular formula is C15H13BrN2O. The van der Waals surface area contributed by atoms with E-state index >= 15 is 0 Å². The molecule has 0 saturated heterocycles. The van der Waals surface area contributed by atoms with Gasteiger partial charge >= 0.3 is 0 Å². The van der Waals surface area contributed by atoms with Crippen LogP contribution in [0.1, 0.15) is 11.3 Å². The Hall–Kier alpha value is -1.81. The molecule has 0 spiro atoms. The maximum absolute atomic E-state index is 5.51. The summed E-state index contributed by atoms with van der Waals surface area (Å²) in [5.41, 5.74) is 3.03. The van der Waals surface area contributed by atoms with E-state index in [1.54, 1.807) is 6.26 Å². The van der Waals surface area contributed by atoms with Crippen molar-refractivity contribution in [3.63, 3.8) is 0 Å². The van der Waals surface area contributed by atoms with Crippen LogP contribution in [0.4, 0.5) is 5.82 Å². The van der Waals surface area contributed by atoms with Gasteiger partial charge in [0, 0.05) is 22.0 Å². The number of aryl methyl sites for hydroxylation is 1. The minimum atomic E-state index is 0.699. The van der Waals surface area contributed by atoms with Crippen molar-refractivity contribution in [1.82, 2.24) is 4.98 Å². The first kappa shape index (κ1) is 12.2. The molecule has 0 aliphatic heterocycles. The van der Waals surface area contributed by atoms with E-state index in [0.29, 0.717) is 6.54 Å². The lowest BCUT2D eigenvalue weighted by atomic mass is 10.2. The van der Waals surface area contributed by atoms with Gasteiger partial charge in [0.1, 0.15) is 11.4 Å². The quantitative estimate of drug-likeness (QED) is 0.772. The van der Waals surface area contributed by atoms with Gasteiger partial charge in [0.05, 0.1) is 12.0 Å². The molecule has 0 aliphatic rings. The van der Waals surface area contributed by atoms with E-state index in [4.69, 9.17) is 4.42 Å². The van der Waals surface area contributed by atoms with Crippen molar-refractivity contribution in [1.29, 1.82) is 0 Å². The highest BCUT2D eigenvalue weighted by atomic mass is 79.9. The molecule has 0 radical (unpaired) electrons. The highest BCUT2D eigenvalue weighted by Gasteiger charge is 2.05. The highest BCUT2D eigenvalue weighted by Crippen LogP contribution is 2.22. The monoisotopic (exact) mass is 316 g/mol. The number of halogens is 1. The maximum atomic E-state index is 5.51. The average Bonchev–Trinajstić information content (AvgIpc) is 2.83. The molecule has 0 amide bonds. The van der Waals surface area contributed by atoms with E-state index in [1.165, 1.54) is 0 Å². The predicted octanol–water partition coefficient (Wildman–Crippen LogP) is 4.51. The minimum Gasteiger partial charge on any atom is -0.464 e. The molecule has 3 aromatic rings. The molecule has 3 rings (SSSR count). The molecule has 4 heteroatoms. The van der Waals surface area contributed by atoms with Crippen LogP contribution >= 0.6 is 15.9 Å². The van der Waals surface area contributed by atoms with Crippen molar-refractivity contribution < 1.29 is 4.42 Å². The molecule has 0 aliphatic carbocycles. The van der Waals surface area contributed by atoms with Crippen LogP contribution in [-0.2, 0) is 6.54 Å². The van der Waals surface area contributed by atoms with Crippen LogP contribution in [-0.4, -0.2) is 4.98 Å². The number of hydrogen-bond acceptors (Lipinski definition) is 3. The average molecular weight is 317 g/mol. The van der Waals surface area contributed by atoms with Crippen LogP contribution in [0, 0.1) is 6.92 Å². The fourth-order valence-electron chi connectivity index (χ4n) is 2.00. The largest absolute Gasteiger partial charge is 0.464 e. The van der Waals surface area contributed by atoms with E-state index in [9.17, 15) is 0 Å². The topological polar surface area (TPSA) is 38.1 Å².